The van der Waals surface area contributed by atoms with Crippen LogP contribution in [-0.4, -0.2) is 24.8 Å². The van der Waals surface area contributed by atoms with Crippen LogP contribution in [0.3, 0.4) is 0 Å². The minimum atomic E-state index is 0.366. The number of nitrogens with one attached hydrogen (secondary N) is 1. The van der Waals surface area contributed by atoms with Gasteiger partial charge in [-0.1, -0.05) is 25.7 Å². The highest BCUT2D eigenvalue weighted by Gasteiger charge is 2.35. The SMILES string of the molecule is OCCC1(CNCC2CCCCC2)CCC1. The van der Waals surface area contributed by atoms with Crippen molar-refractivity contribution in [3.05, 3.63) is 0 Å². The van der Waals surface area contributed by atoms with Gasteiger partial charge in [0.15, 0.2) is 0 Å². The van der Waals surface area contributed by atoms with Crippen LogP contribution in [0.4, 0.5) is 0 Å². The second-order valence-electron chi connectivity index (χ2n) is 5.96. The summed E-state index contributed by atoms with van der Waals surface area (Å²) in [4.78, 5) is 0. The Balaban J connectivity index is 1.62. The number of hydrogen-bond acceptors (Lipinski definition) is 2. The summed E-state index contributed by atoms with van der Waals surface area (Å²) in [7, 11) is 0. The van der Waals surface area contributed by atoms with Crippen LogP contribution in [0.1, 0.15) is 57.8 Å². The molecule has 0 spiro atoms. The minimum Gasteiger partial charge on any atom is -0.396 e. The monoisotopic (exact) mass is 225 g/mol. The first-order valence-electron chi connectivity index (χ1n) is 7.16. The van der Waals surface area contributed by atoms with E-state index in [1.807, 2.05) is 0 Å². The lowest BCUT2D eigenvalue weighted by Gasteiger charge is -2.42. The molecule has 0 aromatic heterocycles. The van der Waals surface area contributed by atoms with Crippen molar-refractivity contribution in [2.75, 3.05) is 19.7 Å². The highest BCUT2D eigenvalue weighted by atomic mass is 16.3. The zero-order chi connectivity index (χ0) is 11.3. The van der Waals surface area contributed by atoms with Gasteiger partial charge >= 0.3 is 0 Å². The van der Waals surface area contributed by atoms with E-state index >= 15 is 0 Å². The van der Waals surface area contributed by atoms with E-state index in [1.165, 1.54) is 57.9 Å². The van der Waals surface area contributed by atoms with Crippen molar-refractivity contribution < 1.29 is 5.11 Å². The van der Waals surface area contributed by atoms with E-state index in [9.17, 15) is 0 Å². The van der Waals surface area contributed by atoms with E-state index in [4.69, 9.17) is 5.11 Å². The Morgan fingerprint density at radius 2 is 1.81 bits per heavy atom. The predicted octanol–water partition coefficient (Wildman–Crippen LogP) is 2.71. The molecule has 94 valence electrons. The van der Waals surface area contributed by atoms with Crippen LogP contribution in [-0.2, 0) is 0 Å². The Morgan fingerprint density at radius 3 is 2.38 bits per heavy atom. The summed E-state index contributed by atoms with van der Waals surface area (Å²) in [6, 6.07) is 0. The predicted molar refractivity (Wildman–Crippen MR) is 67.4 cm³/mol. The van der Waals surface area contributed by atoms with Crippen LogP contribution in [0.2, 0.25) is 0 Å². The summed E-state index contributed by atoms with van der Waals surface area (Å²) >= 11 is 0. The molecule has 0 unspecified atom stereocenters. The van der Waals surface area contributed by atoms with Gasteiger partial charge in [0.25, 0.3) is 0 Å². The van der Waals surface area contributed by atoms with Crippen LogP contribution >= 0.6 is 0 Å². The lowest BCUT2D eigenvalue weighted by atomic mass is 9.66. The summed E-state index contributed by atoms with van der Waals surface area (Å²) in [5, 5.41) is 12.8. The topological polar surface area (TPSA) is 32.3 Å². The molecule has 0 bridgehead atoms. The zero-order valence-corrected chi connectivity index (χ0v) is 10.5. The molecule has 2 aliphatic rings. The van der Waals surface area contributed by atoms with Crippen LogP contribution in [0.15, 0.2) is 0 Å². The molecule has 2 saturated carbocycles. The average Bonchev–Trinajstić information content (AvgIpc) is 2.27. The first kappa shape index (κ1) is 12.4. The molecule has 0 radical (unpaired) electrons. The van der Waals surface area contributed by atoms with Crippen molar-refractivity contribution in [1.82, 2.24) is 5.32 Å². The van der Waals surface area contributed by atoms with Crippen LogP contribution < -0.4 is 5.32 Å². The van der Waals surface area contributed by atoms with Gasteiger partial charge in [-0.3, -0.25) is 0 Å². The van der Waals surface area contributed by atoms with Crippen LogP contribution in [0.25, 0.3) is 0 Å². The van der Waals surface area contributed by atoms with E-state index in [0.29, 0.717) is 12.0 Å². The van der Waals surface area contributed by atoms with Gasteiger partial charge in [-0.15, -0.1) is 0 Å². The van der Waals surface area contributed by atoms with Gasteiger partial charge in [0.2, 0.25) is 0 Å². The third-order valence-corrected chi connectivity index (χ3v) is 4.71. The first-order valence-corrected chi connectivity index (χ1v) is 7.16. The molecular weight excluding hydrogens is 198 g/mol. The third kappa shape index (κ3) is 3.21. The molecule has 0 heterocycles. The normalized spacial score (nSPS) is 25.3. The molecule has 0 aromatic rings. The fourth-order valence-corrected chi connectivity index (χ4v) is 3.36. The molecule has 2 heteroatoms. The van der Waals surface area contributed by atoms with E-state index in [-0.39, 0.29) is 0 Å². The number of rotatable bonds is 6. The molecule has 2 nitrogen and oxygen atoms in total. The Bertz CT molecular complexity index is 195. The third-order valence-electron chi connectivity index (χ3n) is 4.71. The van der Waals surface area contributed by atoms with Gasteiger partial charge in [-0.25, -0.2) is 0 Å². The molecule has 16 heavy (non-hydrogen) atoms. The number of aliphatic hydroxyl groups is 1. The Kier molecular flexibility index (Phi) is 4.66. The van der Waals surface area contributed by atoms with Crippen molar-refractivity contribution in [3.63, 3.8) is 0 Å². The molecule has 0 amide bonds. The van der Waals surface area contributed by atoms with Crippen molar-refractivity contribution >= 4 is 0 Å². The average molecular weight is 225 g/mol. The van der Waals surface area contributed by atoms with Crippen molar-refractivity contribution in [2.24, 2.45) is 11.3 Å². The van der Waals surface area contributed by atoms with Gasteiger partial charge in [0.05, 0.1) is 0 Å². The number of aliphatic hydroxyl groups excluding tert-OH is 1. The molecule has 2 N–H and O–H groups in total. The van der Waals surface area contributed by atoms with Crippen LogP contribution in [0, 0.1) is 11.3 Å². The maximum Gasteiger partial charge on any atom is 0.0436 e. The zero-order valence-electron chi connectivity index (χ0n) is 10.5. The fourth-order valence-electron chi connectivity index (χ4n) is 3.36. The van der Waals surface area contributed by atoms with Gasteiger partial charge < -0.3 is 10.4 Å². The summed E-state index contributed by atoms with van der Waals surface area (Å²) in [6.45, 7) is 2.72. The van der Waals surface area contributed by atoms with Crippen molar-refractivity contribution in [1.29, 1.82) is 0 Å². The molecule has 2 aliphatic carbocycles. The molecule has 0 aromatic carbocycles. The summed E-state index contributed by atoms with van der Waals surface area (Å²) in [5.74, 6) is 0.931. The van der Waals surface area contributed by atoms with E-state index in [2.05, 4.69) is 5.32 Å². The standard InChI is InChI=1S/C14H27NO/c16-10-9-14(7-4-8-14)12-15-11-13-5-2-1-3-6-13/h13,15-16H,1-12H2. The maximum absolute atomic E-state index is 9.09. The molecule has 0 saturated heterocycles. The summed E-state index contributed by atoms with van der Waals surface area (Å²) < 4.78 is 0. The lowest BCUT2D eigenvalue weighted by Crippen LogP contribution is -2.42. The van der Waals surface area contributed by atoms with Gasteiger partial charge in [-0.05, 0) is 50.0 Å². The summed E-state index contributed by atoms with van der Waals surface area (Å²) in [5.41, 5.74) is 0.462. The van der Waals surface area contributed by atoms with Crippen LogP contribution in [0.5, 0.6) is 0 Å². The van der Waals surface area contributed by atoms with Crippen molar-refractivity contribution in [3.8, 4) is 0 Å². The molecular formula is C14H27NO. The number of hydrogen-bond donors (Lipinski definition) is 2. The maximum atomic E-state index is 9.09. The van der Waals surface area contributed by atoms with E-state index < -0.39 is 0 Å². The Labute approximate surface area is 99.8 Å². The first-order chi connectivity index (χ1) is 7.85. The Hall–Kier alpha value is -0.0800. The Morgan fingerprint density at radius 1 is 1.06 bits per heavy atom. The second kappa shape index (κ2) is 6.02. The van der Waals surface area contributed by atoms with E-state index in [0.717, 1.165) is 18.9 Å². The van der Waals surface area contributed by atoms with Gasteiger partial charge in [0.1, 0.15) is 0 Å². The van der Waals surface area contributed by atoms with Gasteiger partial charge in [-0.2, -0.15) is 0 Å². The molecule has 0 aliphatic heterocycles. The smallest absolute Gasteiger partial charge is 0.0436 e. The molecule has 0 atom stereocenters. The highest BCUT2D eigenvalue weighted by molar-refractivity contribution is 4.89. The minimum absolute atomic E-state index is 0.366. The lowest BCUT2D eigenvalue weighted by molar-refractivity contribution is 0.0844. The van der Waals surface area contributed by atoms with Gasteiger partial charge in [0, 0.05) is 13.2 Å². The van der Waals surface area contributed by atoms with E-state index in [1.54, 1.807) is 0 Å². The second-order valence-corrected chi connectivity index (χ2v) is 5.96. The highest BCUT2D eigenvalue weighted by Crippen LogP contribution is 2.43. The van der Waals surface area contributed by atoms with Crippen molar-refractivity contribution in [2.45, 2.75) is 57.8 Å². The quantitative estimate of drug-likeness (QED) is 0.728. The summed E-state index contributed by atoms with van der Waals surface area (Å²) in [6.07, 6.45) is 12.2. The fraction of sp³-hybridized carbons (Fsp3) is 1.00. The molecule has 2 rings (SSSR count). The largest absolute Gasteiger partial charge is 0.396 e. The molecule has 2 fully saturated rings.